The number of methoxy groups -OCH3 is 3. The fourth-order valence-corrected chi connectivity index (χ4v) is 2.22. The van der Waals surface area contributed by atoms with Crippen LogP contribution >= 0.6 is 0 Å². The van der Waals surface area contributed by atoms with E-state index in [9.17, 15) is 4.79 Å². The molecule has 1 rings (SSSR count). The molecule has 0 heterocycles. The van der Waals surface area contributed by atoms with Gasteiger partial charge in [-0.1, -0.05) is 13.8 Å². The fraction of sp³-hybridized carbons (Fsp3) is 0.533. The van der Waals surface area contributed by atoms with Gasteiger partial charge in [0.05, 0.1) is 27.2 Å². The number of ether oxygens (including phenoxy) is 3. The van der Waals surface area contributed by atoms with Gasteiger partial charge in [-0.25, -0.2) is 0 Å². The minimum absolute atomic E-state index is 0.143. The molecule has 0 aliphatic rings. The molecule has 19 heavy (non-hydrogen) atoms. The van der Waals surface area contributed by atoms with E-state index in [4.69, 9.17) is 14.2 Å². The summed E-state index contributed by atoms with van der Waals surface area (Å²) in [6.07, 6.45) is 0. The van der Waals surface area contributed by atoms with Crippen molar-refractivity contribution in [2.45, 2.75) is 26.7 Å². The third kappa shape index (κ3) is 3.19. The lowest BCUT2D eigenvalue weighted by atomic mass is 9.85. The molecule has 0 fully saturated rings. The van der Waals surface area contributed by atoms with Gasteiger partial charge < -0.3 is 14.2 Å². The summed E-state index contributed by atoms with van der Waals surface area (Å²) in [5.74, 6) is 0.896. The topological polar surface area (TPSA) is 44.8 Å². The van der Waals surface area contributed by atoms with Crippen LogP contribution < -0.4 is 9.47 Å². The average Bonchev–Trinajstić information content (AvgIpc) is 2.39. The van der Waals surface area contributed by atoms with Gasteiger partial charge in [-0.3, -0.25) is 4.79 Å². The first kappa shape index (κ1) is 15.3. The molecule has 0 aromatic heterocycles. The van der Waals surface area contributed by atoms with Crippen LogP contribution in [0.3, 0.4) is 0 Å². The zero-order valence-corrected chi connectivity index (χ0v) is 12.4. The smallest absolute Gasteiger partial charge is 0.313 e. The van der Waals surface area contributed by atoms with Crippen molar-refractivity contribution in [1.82, 2.24) is 0 Å². The highest BCUT2D eigenvalue weighted by Crippen LogP contribution is 2.36. The number of aryl methyl sites for hydroxylation is 1. The lowest BCUT2D eigenvalue weighted by Gasteiger charge is -2.22. The molecule has 1 atom stereocenters. The van der Waals surface area contributed by atoms with Crippen LogP contribution in [0.5, 0.6) is 11.5 Å². The molecule has 0 N–H and O–H groups in total. The lowest BCUT2D eigenvalue weighted by molar-refractivity contribution is -0.143. The second-order valence-corrected chi connectivity index (χ2v) is 4.81. The first-order valence-corrected chi connectivity index (χ1v) is 6.26. The molecule has 1 aromatic rings. The van der Waals surface area contributed by atoms with Crippen molar-refractivity contribution in [3.8, 4) is 11.5 Å². The molecule has 0 radical (unpaired) electrons. The Bertz CT molecular complexity index is 452. The molecule has 0 amide bonds. The van der Waals surface area contributed by atoms with E-state index in [0.29, 0.717) is 11.5 Å². The maximum atomic E-state index is 12.0. The molecule has 0 saturated heterocycles. The number of hydrogen-bond acceptors (Lipinski definition) is 4. The van der Waals surface area contributed by atoms with Crippen molar-refractivity contribution >= 4 is 5.97 Å². The summed E-state index contributed by atoms with van der Waals surface area (Å²) >= 11 is 0. The molecule has 0 bridgehead atoms. The number of carbonyl (C=O) groups excluding carboxylic acids is 1. The van der Waals surface area contributed by atoms with Crippen LogP contribution in [-0.2, 0) is 9.53 Å². The van der Waals surface area contributed by atoms with Crippen LogP contribution in [0.4, 0.5) is 0 Å². The first-order chi connectivity index (χ1) is 8.96. The van der Waals surface area contributed by atoms with E-state index >= 15 is 0 Å². The molecule has 0 aliphatic heterocycles. The lowest BCUT2D eigenvalue weighted by Crippen LogP contribution is -2.20. The molecular weight excluding hydrogens is 244 g/mol. The summed E-state index contributed by atoms with van der Waals surface area (Å²) in [7, 11) is 4.59. The van der Waals surface area contributed by atoms with E-state index in [0.717, 1.165) is 11.1 Å². The highest BCUT2D eigenvalue weighted by Gasteiger charge is 2.27. The Morgan fingerprint density at radius 2 is 1.58 bits per heavy atom. The highest BCUT2D eigenvalue weighted by molar-refractivity contribution is 5.79. The van der Waals surface area contributed by atoms with E-state index in [1.165, 1.54) is 7.11 Å². The van der Waals surface area contributed by atoms with Gasteiger partial charge in [0, 0.05) is 0 Å². The molecule has 4 nitrogen and oxygen atoms in total. The van der Waals surface area contributed by atoms with Gasteiger partial charge in [0.25, 0.3) is 0 Å². The SMILES string of the molecule is COC(=O)C(c1cc(OC)c(OC)cc1C)C(C)C. The predicted molar refractivity (Wildman–Crippen MR) is 73.9 cm³/mol. The van der Waals surface area contributed by atoms with Crippen molar-refractivity contribution in [1.29, 1.82) is 0 Å². The summed E-state index contributed by atoms with van der Waals surface area (Å²) < 4.78 is 15.5. The fourth-order valence-electron chi connectivity index (χ4n) is 2.22. The van der Waals surface area contributed by atoms with Crippen LogP contribution in [0, 0.1) is 12.8 Å². The van der Waals surface area contributed by atoms with Gasteiger partial charge in [-0.2, -0.15) is 0 Å². The van der Waals surface area contributed by atoms with E-state index in [1.54, 1.807) is 14.2 Å². The Hall–Kier alpha value is -1.71. The van der Waals surface area contributed by atoms with E-state index < -0.39 is 0 Å². The molecule has 0 aliphatic carbocycles. The Morgan fingerprint density at radius 1 is 1.05 bits per heavy atom. The molecule has 106 valence electrons. The summed E-state index contributed by atoms with van der Waals surface area (Å²) in [5.41, 5.74) is 1.90. The van der Waals surface area contributed by atoms with Crippen molar-refractivity contribution < 1.29 is 19.0 Å². The Kier molecular flexibility index (Phi) is 5.21. The van der Waals surface area contributed by atoms with Crippen molar-refractivity contribution in [2.24, 2.45) is 5.92 Å². The summed E-state index contributed by atoms with van der Waals surface area (Å²) in [6.45, 7) is 5.95. The van der Waals surface area contributed by atoms with Gasteiger partial charge in [0.1, 0.15) is 0 Å². The van der Waals surface area contributed by atoms with Crippen LogP contribution in [0.2, 0.25) is 0 Å². The standard InChI is InChI=1S/C15H22O4/c1-9(2)14(15(16)19-6)11-8-13(18-5)12(17-4)7-10(11)3/h7-9,14H,1-6H3. The van der Waals surface area contributed by atoms with Gasteiger partial charge in [-0.05, 0) is 36.1 Å². The summed E-state index contributed by atoms with van der Waals surface area (Å²) in [5, 5.41) is 0. The maximum Gasteiger partial charge on any atom is 0.313 e. The normalized spacial score (nSPS) is 12.2. The minimum atomic E-state index is -0.301. The number of hydrogen-bond donors (Lipinski definition) is 0. The Balaban J connectivity index is 3.34. The number of benzene rings is 1. The quantitative estimate of drug-likeness (QED) is 0.769. The Morgan fingerprint density at radius 3 is 2.00 bits per heavy atom. The average molecular weight is 266 g/mol. The molecule has 4 heteroatoms. The second-order valence-electron chi connectivity index (χ2n) is 4.81. The zero-order chi connectivity index (χ0) is 14.6. The zero-order valence-electron chi connectivity index (χ0n) is 12.4. The largest absolute Gasteiger partial charge is 0.493 e. The van der Waals surface area contributed by atoms with Crippen LogP contribution in [0.1, 0.15) is 30.9 Å². The van der Waals surface area contributed by atoms with E-state index in [2.05, 4.69) is 0 Å². The molecular formula is C15H22O4. The number of carbonyl (C=O) groups is 1. The molecule has 0 saturated carbocycles. The first-order valence-electron chi connectivity index (χ1n) is 6.26. The predicted octanol–water partition coefficient (Wildman–Crippen LogP) is 2.92. The van der Waals surface area contributed by atoms with E-state index in [1.807, 2.05) is 32.9 Å². The van der Waals surface area contributed by atoms with E-state index in [-0.39, 0.29) is 17.8 Å². The number of rotatable bonds is 5. The van der Waals surface area contributed by atoms with Gasteiger partial charge in [0.15, 0.2) is 11.5 Å². The van der Waals surface area contributed by atoms with Crippen LogP contribution in [0.25, 0.3) is 0 Å². The summed E-state index contributed by atoms with van der Waals surface area (Å²) in [6, 6.07) is 3.74. The van der Waals surface area contributed by atoms with Crippen molar-refractivity contribution in [3.05, 3.63) is 23.3 Å². The highest BCUT2D eigenvalue weighted by atomic mass is 16.5. The van der Waals surface area contributed by atoms with Crippen LogP contribution in [-0.4, -0.2) is 27.3 Å². The third-order valence-electron chi connectivity index (χ3n) is 3.23. The molecule has 0 spiro atoms. The van der Waals surface area contributed by atoms with Gasteiger partial charge in [0.2, 0.25) is 0 Å². The van der Waals surface area contributed by atoms with Crippen molar-refractivity contribution in [3.63, 3.8) is 0 Å². The van der Waals surface area contributed by atoms with Crippen LogP contribution in [0.15, 0.2) is 12.1 Å². The molecule has 1 unspecified atom stereocenters. The minimum Gasteiger partial charge on any atom is -0.493 e. The monoisotopic (exact) mass is 266 g/mol. The van der Waals surface area contributed by atoms with Gasteiger partial charge in [-0.15, -0.1) is 0 Å². The number of esters is 1. The second kappa shape index (κ2) is 6.45. The summed E-state index contributed by atoms with van der Waals surface area (Å²) in [4.78, 5) is 12.0. The van der Waals surface area contributed by atoms with Crippen molar-refractivity contribution in [2.75, 3.05) is 21.3 Å². The van der Waals surface area contributed by atoms with Gasteiger partial charge >= 0.3 is 5.97 Å². The molecule has 1 aromatic carbocycles. The Labute approximate surface area is 114 Å². The third-order valence-corrected chi connectivity index (χ3v) is 3.23. The maximum absolute atomic E-state index is 12.0.